The molecule has 1 amide bonds. The highest BCUT2D eigenvalue weighted by molar-refractivity contribution is 5.82. The standard InChI is InChI=1S/C17H18N2O/c1-2-18-17(20)11-19-14-7-8-16-13(10-14)9-12-5-3-4-6-15(12)16/h3-8,10,19H,2,9,11H2,1H3,(H,18,20). The first-order chi connectivity index (χ1) is 9.78. The summed E-state index contributed by atoms with van der Waals surface area (Å²) in [4.78, 5) is 11.5. The van der Waals surface area contributed by atoms with Crippen LogP contribution in [0.2, 0.25) is 0 Å². The minimum Gasteiger partial charge on any atom is -0.376 e. The molecule has 3 heteroatoms. The zero-order chi connectivity index (χ0) is 13.9. The maximum atomic E-state index is 11.5. The van der Waals surface area contributed by atoms with E-state index in [-0.39, 0.29) is 5.91 Å². The zero-order valence-corrected chi connectivity index (χ0v) is 11.6. The molecule has 2 aromatic carbocycles. The quantitative estimate of drug-likeness (QED) is 0.762. The second-order valence-electron chi connectivity index (χ2n) is 5.01. The number of rotatable bonds is 4. The number of hydrogen-bond donors (Lipinski definition) is 2. The van der Waals surface area contributed by atoms with Crippen molar-refractivity contribution in [2.45, 2.75) is 13.3 Å². The van der Waals surface area contributed by atoms with Gasteiger partial charge in [-0.25, -0.2) is 0 Å². The van der Waals surface area contributed by atoms with E-state index in [9.17, 15) is 4.79 Å². The monoisotopic (exact) mass is 266 g/mol. The zero-order valence-electron chi connectivity index (χ0n) is 11.6. The normalized spacial score (nSPS) is 11.7. The fourth-order valence-corrected chi connectivity index (χ4v) is 2.70. The Bertz CT molecular complexity index is 649. The summed E-state index contributed by atoms with van der Waals surface area (Å²) in [7, 11) is 0. The van der Waals surface area contributed by atoms with Gasteiger partial charge in [-0.3, -0.25) is 4.79 Å². The molecule has 0 atom stereocenters. The number of anilines is 1. The Morgan fingerprint density at radius 2 is 1.90 bits per heavy atom. The molecule has 0 bridgehead atoms. The van der Waals surface area contributed by atoms with Gasteiger partial charge in [-0.2, -0.15) is 0 Å². The van der Waals surface area contributed by atoms with Gasteiger partial charge in [0.25, 0.3) is 0 Å². The molecule has 1 aliphatic carbocycles. The van der Waals surface area contributed by atoms with Crippen molar-refractivity contribution in [2.75, 3.05) is 18.4 Å². The van der Waals surface area contributed by atoms with Crippen molar-refractivity contribution in [3.8, 4) is 11.1 Å². The molecule has 1 aliphatic rings. The topological polar surface area (TPSA) is 41.1 Å². The molecule has 0 radical (unpaired) electrons. The Morgan fingerprint density at radius 1 is 1.10 bits per heavy atom. The van der Waals surface area contributed by atoms with Crippen LogP contribution in [0.5, 0.6) is 0 Å². The van der Waals surface area contributed by atoms with Gasteiger partial charge in [0.15, 0.2) is 0 Å². The van der Waals surface area contributed by atoms with Gasteiger partial charge < -0.3 is 10.6 Å². The van der Waals surface area contributed by atoms with Crippen LogP contribution in [0.1, 0.15) is 18.1 Å². The molecule has 20 heavy (non-hydrogen) atoms. The van der Waals surface area contributed by atoms with Crippen molar-refractivity contribution in [2.24, 2.45) is 0 Å². The van der Waals surface area contributed by atoms with E-state index in [0.29, 0.717) is 13.1 Å². The van der Waals surface area contributed by atoms with Gasteiger partial charge in [0.05, 0.1) is 6.54 Å². The van der Waals surface area contributed by atoms with Gasteiger partial charge in [0.1, 0.15) is 0 Å². The highest BCUT2D eigenvalue weighted by Crippen LogP contribution is 2.37. The van der Waals surface area contributed by atoms with E-state index >= 15 is 0 Å². The van der Waals surface area contributed by atoms with Gasteiger partial charge >= 0.3 is 0 Å². The van der Waals surface area contributed by atoms with Crippen LogP contribution in [0, 0.1) is 0 Å². The highest BCUT2D eigenvalue weighted by Gasteiger charge is 2.17. The minimum absolute atomic E-state index is 0.0243. The molecule has 0 heterocycles. The maximum Gasteiger partial charge on any atom is 0.239 e. The van der Waals surface area contributed by atoms with Gasteiger partial charge in [-0.15, -0.1) is 0 Å². The van der Waals surface area contributed by atoms with Crippen molar-refractivity contribution in [3.63, 3.8) is 0 Å². The smallest absolute Gasteiger partial charge is 0.239 e. The Morgan fingerprint density at radius 3 is 2.75 bits per heavy atom. The number of benzene rings is 2. The third-order valence-corrected chi connectivity index (χ3v) is 3.62. The molecular formula is C17H18N2O. The number of fused-ring (bicyclic) bond motifs is 3. The van der Waals surface area contributed by atoms with E-state index in [0.717, 1.165) is 12.1 Å². The van der Waals surface area contributed by atoms with E-state index in [4.69, 9.17) is 0 Å². The summed E-state index contributed by atoms with van der Waals surface area (Å²) in [6, 6.07) is 14.8. The first-order valence-electron chi connectivity index (χ1n) is 6.99. The average Bonchev–Trinajstić information content (AvgIpc) is 2.83. The number of amides is 1. The molecule has 0 saturated carbocycles. The number of carbonyl (C=O) groups is 1. The summed E-state index contributed by atoms with van der Waals surface area (Å²) in [5.74, 6) is 0.0243. The van der Waals surface area contributed by atoms with Crippen molar-refractivity contribution < 1.29 is 4.79 Å². The Balaban J connectivity index is 1.76. The van der Waals surface area contributed by atoms with Crippen LogP contribution >= 0.6 is 0 Å². The molecule has 0 aliphatic heterocycles. The number of carbonyl (C=O) groups excluding carboxylic acids is 1. The van der Waals surface area contributed by atoms with E-state index in [2.05, 4.69) is 47.0 Å². The third-order valence-electron chi connectivity index (χ3n) is 3.62. The fourth-order valence-electron chi connectivity index (χ4n) is 2.70. The molecule has 2 aromatic rings. The van der Waals surface area contributed by atoms with E-state index < -0.39 is 0 Å². The SMILES string of the molecule is CCNC(=O)CNc1ccc2c(c1)Cc1ccccc1-2. The van der Waals surface area contributed by atoms with E-state index in [1.165, 1.54) is 22.3 Å². The highest BCUT2D eigenvalue weighted by atomic mass is 16.1. The lowest BCUT2D eigenvalue weighted by molar-refractivity contribution is -0.119. The first-order valence-corrected chi connectivity index (χ1v) is 6.99. The largest absolute Gasteiger partial charge is 0.376 e. The van der Waals surface area contributed by atoms with E-state index in [1.54, 1.807) is 0 Å². The second kappa shape index (κ2) is 5.37. The average molecular weight is 266 g/mol. The molecule has 0 aromatic heterocycles. The number of hydrogen-bond acceptors (Lipinski definition) is 2. The number of likely N-dealkylation sites (N-methyl/N-ethyl adjacent to an activating group) is 1. The molecule has 0 fully saturated rings. The van der Waals surface area contributed by atoms with Crippen LogP contribution in [0.3, 0.4) is 0 Å². The Hall–Kier alpha value is -2.29. The van der Waals surface area contributed by atoms with Gasteiger partial charge in [-0.1, -0.05) is 30.3 Å². The molecule has 3 nitrogen and oxygen atoms in total. The van der Waals surface area contributed by atoms with Crippen molar-refractivity contribution in [1.29, 1.82) is 0 Å². The maximum absolute atomic E-state index is 11.5. The lowest BCUT2D eigenvalue weighted by Gasteiger charge is -2.08. The summed E-state index contributed by atoms with van der Waals surface area (Å²) < 4.78 is 0. The predicted molar refractivity (Wildman–Crippen MR) is 81.9 cm³/mol. The fraction of sp³-hybridized carbons (Fsp3) is 0.235. The van der Waals surface area contributed by atoms with Crippen molar-refractivity contribution in [1.82, 2.24) is 5.32 Å². The van der Waals surface area contributed by atoms with Gasteiger partial charge in [-0.05, 0) is 47.7 Å². The van der Waals surface area contributed by atoms with Gasteiger partial charge in [0.2, 0.25) is 5.91 Å². The Labute approximate surface area is 119 Å². The summed E-state index contributed by atoms with van der Waals surface area (Å²) in [6.45, 7) is 2.91. The summed E-state index contributed by atoms with van der Waals surface area (Å²) in [5.41, 5.74) is 6.35. The Kier molecular flexibility index (Phi) is 3.42. The molecule has 102 valence electrons. The third kappa shape index (κ3) is 2.39. The summed E-state index contributed by atoms with van der Waals surface area (Å²) in [5, 5.41) is 5.95. The molecule has 0 unspecified atom stereocenters. The summed E-state index contributed by atoms with van der Waals surface area (Å²) >= 11 is 0. The van der Waals surface area contributed by atoms with Crippen LogP contribution in [-0.2, 0) is 11.2 Å². The van der Waals surface area contributed by atoms with Crippen LogP contribution in [0.15, 0.2) is 42.5 Å². The van der Waals surface area contributed by atoms with Gasteiger partial charge in [0, 0.05) is 12.2 Å². The lowest BCUT2D eigenvalue weighted by atomic mass is 10.1. The molecule has 3 rings (SSSR count). The van der Waals surface area contributed by atoms with Crippen LogP contribution in [0.25, 0.3) is 11.1 Å². The lowest BCUT2D eigenvalue weighted by Crippen LogP contribution is -2.29. The molecule has 0 saturated heterocycles. The number of nitrogens with one attached hydrogen (secondary N) is 2. The van der Waals surface area contributed by atoms with Crippen LogP contribution in [0.4, 0.5) is 5.69 Å². The second-order valence-corrected chi connectivity index (χ2v) is 5.01. The predicted octanol–water partition coefficient (Wildman–Crippen LogP) is 2.81. The summed E-state index contributed by atoms with van der Waals surface area (Å²) in [6.07, 6.45) is 0.974. The first kappa shape index (κ1) is 12.7. The van der Waals surface area contributed by atoms with Crippen molar-refractivity contribution >= 4 is 11.6 Å². The molecule has 0 spiro atoms. The van der Waals surface area contributed by atoms with Crippen LogP contribution in [-0.4, -0.2) is 19.0 Å². The van der Waals surface area contributed by atoms with Crippen LogP contribution < -0.4 is 10.6 Å². The minimum atomic E-state index is 0.0243. The van der Waals surface area contributed by atoms with Crippen molar-refractivity contribution in [3.05, 3.63) is 53.6 Å². The van der Waals surface area contributed by atoms with E-state index in [1.807, 2.05) is 13.0 Å². The molecule has 2 N–H and O–H groups in total. The molecular weight excluding hydrogens is 248 g/mol.